The molecule has 1 N–H and O–H groups in total. The van der Waals surface area contributed by atoms with Crippen molar-refractivity contribution in [1.82, 2.24) is 4.90 Å². The summed E-state index contributed by atoms with van der Waals surface area (Å²) in [4.78, 5) is 17.3. The minimum absolute atomic E-state index is 0.0844. The molecule has 0 atom stereocenters. The van der Waals surface area contributed by atoms with E-state index in [2.05, 4.69) is 58.4 Å². The summed E-state index contributed by atoms with van der Waals surface area (Å²) in [6.45, 7) is 7.31. The number of carbonyl (C=O) groups is 1. The molecule has 1 aliphatic heterocycles. The Morgan fingerprint density at radius 2 is 1.70 bits per heavy atom. The van der Waals surface area contributed by atoms with Crippen molar-refractivity contribution >= 4 is 17.3 Å². The van der Waals surface area contributed by atoms with E-state index in [0.717, 1.165) is 51.5 Å². The van der Waals surface area contributed by atoms with Crippen LogP contribution in [0.4, 0.5) is 11.4 Å². The summed E-state index contributed by atoms with van der Waals surface area (Å²) in [6.07, 6.45) is 4.09. The van der Waals surface area contributed by atoms with Crippen molar-refractivity contribution in [1.29, 1.82) is 0 Å². The molecule has 5 heteroatoms. The van der Waals surface area contributed by atoms with Gasteiger partial charge in [-0.2, -0.15) is 0 Å². The third kappa shape index (κ3) is 5.83. The number of amides is 1. The number of ether oxygens (including phenoxy) is 1. The lowest BCUT2D eigenvalue weighted by Gasteiger charge is -2.28. The third-order valence-electron chi connectivity index (χ3n) is 6.03. The summed E-state index contributed by atoms with van der Waals surface area (Å²) in [5.74, 6) is 0.0844. The number of hydrogen-bond acceptors (Lipinski definition) is 4. The van der Waals surface area contributed by atoms with E-state index < -0.39 is 0 Å². The molecule has 1 saturated carbocycles. The first-order valence-electron chi connectivity index (χ1n) is 11.3. The maximum atomic E-state index is 12.5. The highest BCUT2D eigenvalue weighted by molar-refractivity contribution is 5.91. The van der Waals surface area contributed by atoms with Crippen molar-refractivity contribution in [2.75, 3.05) is 43.1 Å². The Labute approximate surface area is 180 Å². The predicted molar refractivity (Wildman–Crippen MR) is 122 cm³/mol. The van der Waals surface area contributed by atoms with Gasteiger partial charge >= 0.3 is 0 Å². The first kappa shape index (κ1) is 20.9. The van der Waals surface area contributed by atoms with Crippen molar-refractivity contribution in [3.05, 3.63) is 59.7 Å². The third-order valence-corrected chi connectivity index (χ3v) is 6.03. The van der Waals surface area contributed by atoms with E-state index in [1.165, 1.54) is 29.7 Å². The number of nitrogens with one attached hydrogen (secondary N) is 1. The second-order valence-electron chi connectivity index (χ2n) is 8.32. The number of carbonyl (C=O) groups excluding carboxylic acids is 1. The van der Waals surface area contributed by atoms with E-state index in [0.29, 0.717) is 12.5 Å². The van der Waals surface area contributed by atoms with Gasteiger partial charge in [-0.1, -0.05) is 31.2 Å². The van der Waals surface area contributed by atoms with Crippen molar-refractivity contribution in [3.8, 4) is 0 Å². The Kier molecular flexibility index (Phi) is 7.03. The fourth-order valence-electron chi connectivity index (χ4n) is 3.99. The van der Waals surface area contributed by atoms with E-state index in [1.54, 1.807) is 0 Å². The van der Waals surface area contributed by atoms with Crippen molar-refractivity contribution in [2.24, 2.45) is 0 Å². The molecule has 4 rings (SSSR count). The average molecular weight is 408 g/mol. The number of rotatable bonds is 9. The molecule has 2 fully saturated rings. The minimum atomic E-state index is 0.0844. The molecule has 30 heavy (non-hydrogen) atoms. The zero-order chi connectivity index (χ0) is 20.8. The summed E-state index contributed by atoms with van der Waals surface area (Å²) in [7, 11) is 0. The fraction of sp³-hybridized carbons (Fsp3) is 0.480. The van der Waals surface area contributed by atoms with Crippen LogP contribution in [-0.2, 0) is 22.5 Å². The smallest absolute Gasteiger partial charge is 0.225 e. The van der Waals surface area contributed by atoms with Gasteiger partial charge in [-0.25, -0.2) is 0 Å². The van der Waals surface area contributed by atoms with E-state index >= 15 is 0 Å². The molecule has 0 spiro atoms. The van der Waals surface area contributed by atoms with Gasteiger partial charge in [0.05, 0.1) is 13.2 Å². The van der Waals surface area contributed by atoms with Gasteiger partial charge in [0.15, 0.2) is 0 Å². The maximum absolute atomic E-state index is 12.5. The molecule has 1 heterocycles. The monoisotopic (exact) mass is 407 g/mol. The van der Waals surface area contributed by atoms with Crippen LogP contribution in [0.15, 0.2) is 48.5 Å². The highest BCUT2D eigenvalue weighted by Gasteiger charge is 2.29. The van der Waals surface area contributed by atoms with Crippen LogP contribution in [-0.4, -0.2) is 49.7 Å². The Morgan fingerprint density at radius 3 is 2.33 bits per heavy atom. The maximum Gasteiger partial charge on any atom is 0.225 e. The molecule has 1 saturated heterocycles. The number of anilines is 2. The van der Waals surface area contributed by atoms with Crippen molar-refractivity contribution in [3.63, 3.8) is 0 Å². The van der Waals surface area contributed by atoms with Gasteiger partial charge in [-0.15, -0.1) is 0 Å². The lowest BCUT2D eigenvalue weighted by atomic mass is 10.1. The highest BCUT2D eigenvalue weighted by Crippen LogP contribution is 2.28. The van der Waals surface area contributed by atoms with Crippen LogP contribution in [0.5, 0.6) is 0 Å². The Hall–Kier alpha value is -2.37. The first-order chi connectivity index (χ1) is 14.7. The zero-order valence-electron chi connectivity index (χ0n) is 18.0. The molecule has 0 radical (unpaired) electrons. The Morgan fingerprint density at radius 1 is 1.03 bits per heavy atom. The van der Waals surface area contributed by atoms with E-state index in [-0.39, 0.29) is 5.91 Å². The summed E-state index contributed by atoms with van der Waals surface area (Å²) >= 11 is 0. The van der Waals surface area contributed by atoms with Gasteiger partial charge in [0.1, 0.15) is 0 Å². The molecule has 0 aromatic heterocycles. The van der Waals surface area contributed by atoms with Crippen LogP contribution in [0.2, 0.25) is 0 Å². The second kappa shape index (κ2) is 10.1. The van der Waals surface area contributed by atoms with Crippen LogP contribution < -0.4 is 10.2 Å². The molecule has 5 nitrogen and oxygen atoms in total. The summed E-state index contributed by atoms with van der Waals surface area (Å²) in [5, 5.41) is 3.06. The number of nitrogens with zero attached hydrogens (tertiary/aromatic N) is 2. The summed E-state index contributed by atoms with van der Waals surface area (Å²) < 4.78 is 5.41. The van der Waals surface area contributed by atoms with Gasteiger partial charge in [-0.3, -0.25) is 9.69 Å². The van der Waals surface area contributed by atoms with Crippen LogP contribution >= 0.6 is 0 Å². The van der Waals surface area contributed by atoms with E-state index in [4.69, 9.17) is 4.74 Å². The topological polar surface area (TPSA) is 44.8 Å². The second-order valence-corrected chi connectivity index (χ2v) is 8.32. The zero-order valence-corrected chi connectivity index (χ0v) is 18.0. The van der Waals surface area contributed by atoms with Crippen LogP contribution in [0.1, 0.15) is 37.3 Å². The lowest BCUT2D eigenvalue weighted by molar-refractivity contribution is -0.116. The normalized spacial score (nSPS) is 16.7. The number of morpholine rings is 1. The van der Waals surface area contributed by atoms with Crippen molar-refractivity contribution in [2.45, 2.75) is 45.2 Å². The van der Waals surface area contributed by atoms with Crippen LogP contribution in [0.3, 0.4) is 0 Å². The standard InChI is InChI=1S/C25H33N3O2/c1-2-20-3-5-21(6-4-20)19-28(24-11-12-24)14-13-25(29)26-22-7-9-23(10-8-22)27-15-17-30-18-16-27/h3-10,24H,2,11-19H2,1H3,(H,26,29). The first-order valence-corrected chi connectivity index (χ1v) is 11.3. The van der Waals surface area contributed by atoms with Gasteiger partial charge in [-0.05, 0) is 54.7 Å². The van der Waals surface area contributed by atoms with Gasteiger partial charge in [0.25, 0.3) is 0 Å². The molecule has 2 aromatic carbocycles. The summed E-state index contributed by atoms with van der Waals surface area (Å²) in [5.41, 5.74) is 4.75. The van der Waals surface area contributed by atoms with Crippen LogP contribution in [0.25, 0.3) is 0 Å². The molecular formula is C25H33N3O2. The molecular weight excluding hydrogens is 374 g/mol. The van der Waals surface area contributed by atoms with Gasteiger partial charge in [0.2, 0.25) is 5.91 Å². The van der Waals surface area contributed by atoms with E-state index in [1.807, 2.05) is 12.1 Å². The SMILES string of the molecule is CCc1ccc(CN(CCC(=O)Nc2ccc(N3CCOCC3)cc2)C2CC2)cc1. The molecule has 2 aromatic rings. The largest absolute Gasteiger partial charge is 0.378 e. The quantitative estimate of drug-likeness (QED) is 0.680. The lowest BCUT2D eigenvalue weighted by Crippen LogP contribution is -2.36. The molecule has 0 unspecified atom stereocenters. The highest BCUT2D eigenvalue weighted by atomic mass is 16.5. The van der Waals surface area contributed by atoms with E-state index in [9.17, 15) is 4.79 Å². The number of hydrogen-bond donors (Lipinski definition) is 1. The molecule has 0 bridgehead atoms. The molecule has 2 aliphatic rings. The molecule has 1 amide bonds. The molecule has 160 valence electrons. The summed E-state index contributed by atoms with van der Waals surface area (Å²) in [6, 6.07) is 17.7. The van der Waals surface area contributed by atoms with Gasteiger partial charge in [0, 0.05) is 50.0 Å². The van der Waals surface area contributed by atoms with Crippen molar-refractivity contribution < 1.29 is 9.53 Å². The fourth-order valence-corrected chi connectivity index (χ4v) is 3.99. The molecule has 1 aliphatic carbocycles. The van der Waals surface area contributed by atoms with Crippen LogP contribution in [0, 0.1) is 0 Å². The number of benzene rings is 2. The Bertz CT molecular complexity index is 809. The average Bonchev–Trinajstić information content (AvgIpc) is 3.63. The number of aryl methyl sites for hydroxylation is 1. The predicted octanol–water partition coefficient (Wildman–Crippen LogP) is 4.08. The van der Waals surface area contributed by atoms with Gasteiger partial charge < -0.3 is 15.0 Å². The Balaban J connectivity index is 1.26. The minimum Gasteiger partial charge on any atom is -0.378 e.